The number of rotatable bonds is 5. The SMILES string of the molecule is COC(=O)C1CCN(C(=O)COC(=O)Cn2[nH]c(=O)c3ccccc3c2=O)CC1. The number of aromatic nitrogens is 2. The van der Waals surface area contributed by atoms with Crippen LogP contribution >= 0.6 is 0 Å². The molecule has 0 radical (unpaired) electrons. The van der Waals surface area contributed by atoms with E-state index in [4.69, 9.17) is 9.47 Å². The number of likely N-dealkylation sites (tertiary alicyclic amines) is 1. The molecule has 0 spiro atoms. The number of hydrogen-bond donors (Lipinski definition) is 1. The van der Waals surface area contributed by atoms with Gasteiger partial charge in [-0.3, -0.25) is 29.1 Å². The highest BCUT2D eigenvalue weighted by molar-refractivity contribution is 5.82. The first-order valence-electron chi connectivity index (χ1n) is 9.13. The lowest BCUT2D eigenvalue weighted by Gasteiger charge is -2.30. The van der Waals surface area contributed by atoms with E-state index in [0.29, 0.717) is 25.9 Å². The van der Waals surface area contributed by atoms with Crippen molar-refractivity contribution in [3.8, 4) is 0 Å². The maximum absolute atomic E-state index is 12.4. The topological polar surface area (TPSA) is 128 Å². The van der Waals surface area contributed by atoms with E-state index in [0.717, 1.165) is 4.68 Å². The normalized spacial score (nSPS) is 14.6. The Morgan fingerprint density at radius 3 is 2.41 bits per heavy atom. The molecule has 10 nitrogen and oxygen atoms in total. The van der Waals surface area contributed by atoms with E-state index in [1.165, 1.54) is 24.1 Å². The Labute approximate surface area is 165 Å². The molecular weight excluding hydrogens is 382 g/mol. The average molecular weight is 403 g/mol. The molecule has 1 aromatic heterocycles. The molecule has 2 aromatic rings. The molecule has 0 bridgehead atoms. The van der Waals surface area contributed by atoms with E-state index in [-0.39, 0.29) is 28.6 Å². The van der Waals surface area contributed by atoms with Crippen LogP contribution in [0.25, 0.3) is 10.8 Å². The Kier molecular flexibility index (Phi) is 6.10. The fraction of sp³-hybridized carbons (Fsp3) is 0.421. The van der Waals surface area contributed by atoms with E-state index in [2.05, 4.69) is 5.10 Å². The second-order valence-corrected chi connectivity index (χ2v) is 6.72. The van der Waals surface area contributed by atoms with Crippen molar-refractivity contribution in [2.75, 3.05) is 26.8 Å². The zero-order chi connectivity index (χ0) is 21.0. The molecule has 1 saturated heterocycles. The number of H-pyrrole nitrogens is 1. The van der Waals surface area contributed by atoms with Gasteiger partial charge in [0, 0.05) is 13.1 Å². The summed E-state index contributed by atoms with van der Waals surface area (Å²) in [6, 6.07) is 6.26. The van der Waals surface area contributed by atoms with Crippen molar-refractivity contribution >= 4 is 28.6 Å². The van der Waals surface area contributed by atoms with Gasteiger partial charge in [0.1, 0.15) is 6.54 Å². The van der Waals surface area contributed by atoms with Gasteiger partial charge < -0.3 is 14.4 Å². The van der Waals surface area contributed by atoms with Crippen LogP contribution < -0.4 is 11.1 Å². The van der Waals surface area contributed by atoms with Crippen LogP contribution in [0.3, 0.4) is 0 Å². The number of hydrogen-bond acceptors (Lipinski definition) is 7. The number of fused-ring (bicyclic) bond motifs is 1. The molecule has 1 aromatic carbocycles. The third-order valence-corrected chi connectivity index (χ3v) is 4.91. The molecule has 1 fully saturated rings. The lowest BCUT2D eigenvalue weighted by atomic mass is 9.97. The number of nitrogens with one attached hydrogen (secondary N) is 1. The average Bonchev–Trinajstić information content (AvgIpc) is 2.75. The zero-order valence-corrected chi connectivity index (χ0v) is 15.9. The number of piperidine rings is 1. The zero-order valence-electron chi connectivity index (χ0n) is 15.9. The van der Waals surface area contributed by atoms with Gasteiger partial charge in [0.2, 0.25) is 0 Å². The van der Waals surface area contributed by atoms with Crippen LogP contribution in [0, 0.1) is 5.92 Å². The highest BCUT2D eigenvalue weighted by Gasteiger charge is 2.28. The molecule has 0 atom stereocenters. The van der Waals surface area contributed by atoms with E-state index in [1.54, 1.807) is 12.1 Å². The molecule has 3 rings (SSSR count). The van der Waals surface area contributed by atoms with Crippen molar-refractivity contribution in [3.05, 3.63) is 45.0 Å². The molecule has 1 amide bonds. The lowest BCUT2D eigenvalue weighted by Crippen LogP contribution is -2.42. The summed E-state index contributed by atoms with van der Waals surface area (Å²) in [6.45, 7) is -0.258. The minimum atomic E-state index is -0.823. The monoisotopic (exact) mass is 403 g/mol. The Balaban J connectivity index is 1.56. The van der Waals surface area contributed by atoms with Crippen molar-refractivity contribution in [3.63, 3.8) is 0 Å². The minimum Gasteiger partial charge on any atom is -0.469 e. The van der Waals surface area contributed by atoms with Crippen molar-refractivity contribution in [2.24, 2.45) is 5.92 Å². The summed E-state index contributed by atoms with van der Waals surface area (Å²) < 4.78 is 10.5. The summed E-state index contributed by atoms with van der Waals surface area (Å²) in [5.41, 5.74) is -1.04. The van der Waals surface area contributed by atoms with Crippen LogP contribution in [0.15, 0.2) is 33.9 Å². The molecule has 1 aliphatic rings. The summed E-state index contributed by atoms with van der Waals surface area (Å²) in [5.74, 6) is -1.74. The molecule has 29 heavy (non-hydrogen) atoms. The first-order valence-corrected chi connectivity index (χ1v) is 9.13. The number of benzene rings is 1. The van der Waals surface area contributed by atoms with E-state index < -0.39 is 30.2 Å². The quantitative estimate of drug-likeness (QED) is 0.676. The number of carbonyl (C=O) groups excluding carboxylic acids is 3. The molecule has 0 saturated carbocycles. The predicted octanol–water partition coefficient (Wildman–Crippen LogP) is -0.355. The molecule has 1 N–H and O–H groups in total. The minimum absolute atomic E-state index is 0.189. The number of nitrogens with zero attached hydrogens (tertiary/aromatic N) is 2. The molecule has 0 unspecified atom stereocenters. The number of ether oxygens (including phenoxy) is 2. The van der Waals surface area contributed by atoms with Crippen molar-refractivity contribution < 1.29 is 23.9 Å². The molecular formula is C19H21N3O7. The van der Waals surface area contributed by atoms with Gasteiger partial charge in [0.25, 0.3) is 17.0 Å². The van der Waals surface area contributed by atoms with E-state index in [9.17, 15) is 24.0 Å². The van der Waals surface area contributed by atoms with Crippen LogP contribution in [-0.4, -0.2) is 59.3 Å². The van der Waals surface area contributed by atoms with Crippen molar-refractivity contribution in [2.45, 2.75) is 19.4 Å². The van der Waals surface area contributed by atoms with Gasteiger partial charge in [0.05, 0.1) is 23.8 Å². The fourth-order valence-corrected chi connectivity index (χ4v) is 3.30. The Hall–Kier alpha value is -3.43. The Bertz CT molecular complexity index is 1050. The largest absolute Gasteiger partial charge is 0.469 e. The van der Waals surface area contributed by atoms with E-state index >= 15 is 0 Å². The second kappa shape index (κ2) is 8.72. The Morgan fingerprint density at radius 1 is 1.10 bits per heavy atom. The second-order valence-electron chi connectivity index (χ2n) is 6.72. The summed E-state index contributed by atoms with van der Waals surface area (Å²) in [5, 5.41) is 2.75. The van der Waals surface area contributed by atoms with Gasteiger partial charge in [-0.15, -0.1) is 0 Å². The maximum Gasteiger partial charge on any atom is 0.328 e. The maximum atomic E-state index is 12.4. The summed E-state index contributed by atoms with van der Waals surface area (Å²) in [4.78, 5) is 61.7. The number of methoxy groups -OCH3 is 1. The van der Waals surface area contributed by atoms with Crippen LogP contribution in [0.2, 0.25) is 0 Å². The first kappa shape index (κ1) is 20.3. The van der Waals surface area contributed by atoms with Gasteiger partial charge in [-0.1, -0.05) is 12.1 Å². The van der Waals surface area contributed by atoms with Gasteiger partial charge in [0.15, 0.2) is 6.61 Å². The number of esters is 2. The number of carbonyl (C=O) groups is 3. The van der Waals surface area contributed by atoms with Crippen LogP contribution in [0.1, 0.15) is 12.8 Å². The molecule has 2 heterocycles. The summed E-state index contributed by atoms with van der Waals surface area (Å²) in [7, 11) is 1.33. The molecule has 0 aliphatic carbocycles. The highest BCUT2D eigenvalue weighted by atomic mass is 16.5. The third-order valence-electron chi connectivity index (χ3n) is 4.91. The molecule has 154 valence electrons. The van der Waals surface area contributed by atoms with Gasteiger partial charge >= 0.3 is 11.9 Å². The molecule has 1 aliphatic heterocycles. The number of aromatic amines is 1. The van der Waals surface area contributed by atoms with E-state index in [1.807, 2.05) is 0 Å². The molecule has 10 heteroatoms. The van der Waals surface area contributed by atoms with Gasteiger partial charge in [-0.2, -0.15) is 0 Å². The first-order chi connectivity index (χ1) is 13.9. The van der Waals surface area contributed by atoms with Gasteiger partial charge in [-0.25, -0.2) is 4.68 Å². The Morgan fingerprint density at radius 2 is 1.76 bits per heavy atom. The summed E-state index contributed by atoms with van der Waals surface area (Å²) in [6.07, 6.45) is 0.972. The standard InChI is InChI=1S/C19H21N3O7/c1-28-19(27)12-6-8-21(9-7-12)15(23)11-29-16(24)10-22-18(26)14-5-3-2-4-13(14)17(25)20-22/h2-5,12H,6-11H2,1H3,(H,20,25). The van der Waals surface area contributed by atoms with Crippen LogP contribution in [-0.2, 0) is 30.4 Å². The third kappa shape index (κ3) is 4.53. The van der Waals surface area contributed by atoms with Gasteiger partial charge in [-0.05, 0) is 25.0 Å². The number of amides is 1. The summed E-state index contributed by atoms with van der Waals surface area (Å²) >= 11 is 0. The lowest BCUT2D eigenvalue weighted by molar-refractivity contribution is -0.154. The van der Waals surface area contributed by atoms with Crippen molar-refractivity contribution in [1.29, 1.82) is 0 Å². The van der Waals surface area contributed by atoms with Crippen LogP contribution in [0.4, 0.5) is 0 Å². The smallest absolute Gasteiger partial charge is 0.328 e. The fourth-order valence-electron chi connectivity index (χ4n) is 3.30. The highest BCUT2D eigenvalue weighted by Crippen LogP contribution is 2.18. The van der Waals surface area contributed by atoms with Crippen molar-refractivity contribution in [1.82, 2.24) is 14.7 Å². The van der Waals surface area contributed by atoms with Crippen LogP contribution in [0.5, 0.6) is 0 Å². The predicted molar refractivity (Wildman–Crippen MR) is 101 cm³/mol.